The zero-order valence-corrected chi connectivity index (χ0v) is 12.3. The number of nitrogens with zero attached hydrogens (tertiary/aromatic N) is 2. The van der Waals surface area contributed by atoms with Gasteiger partial charge in [-0.1, -0.05) is 12.8 Å². The molecule has 0 bridgehead atoms. The molecule has 1 aliphatic heterocycles. The topological polar surface area (TPSA) is 28.2 Å². The molecule has 0 radical (unpaired) electrons. The lowest BCUT2D eigenvalue weighted by Crippen LogP contribution is -2.63. The van der Waals surface area contributed by atoms with E-state index >= 15 is 0 Å². The van der Waals surface area contributed by atoms with Crippen LogP contribution in [0.3, 0.4) is 0 Å². The largest absolute Gasteiger partial charge is 0.308 e. The number of aromatic nitrogens is 1. The van der Waals surface area contributed by atoms with Crippen molar-refractivity contribution in [2.75, 3.05) is 13.1 Å². The van der Waals surface area contributed by atoms with Crippen LogP contribution in [0.15, 0.2) is 11.7 Å². The van der Waals surface area contributed by atoms with Crippen LogP contribution in [0, 0.1) is 5.92 Å². The summed E-state index contributed by atoms with van der Waals surface area (Å²) >= 11 is 1.81. The van der Waals surface area contributed by atoms with E-state index in [1.807, 2.05) is 16.8 Å². The predicted octanol–water partition coefficient (Wildman–Crippen LogP) is 2.64. The van der Waals surface area contributed by atoms with E-state index in [0.29, 0.717) is 5.54 Å². The lowest BCUT2D eigenvalue weighted by Gasteiger charge is -2.46. The van der Waals surface area contributed by atoms with Crippen LogP contribution < -0.4 is 5.32 Å². The van der Waals surface area contributed by atoms with Crippen LogP contribution in [0.1, 0.15) is 43.4 Å². The van der Waals surface area contributed by atoms with Gasteiger partial charge in [-0.2, -0.15) is 0 Å². The van der Waals surface area contributed by atoms with E-state index in [-0.39, 0.29) is 0 Å². The molecule has 2 saturated carbocycles. The molecule has 1 unspecified atom stereocenters. The molecule has 0 aromatic carbocycles. The Morgan fingerprint density at radius 1 is 1.37 bits per heavy atom. The molecule has 1 spiro atoms. The third-order valence-electron chi connectivity index (χ3n) is 5.23. The molecule has 3 fully saturated rings. The molecule has 4 rings (SSSR count). The van der Waals surface area contributed by atoms with Crippen LogP contribution in [0.4, 0.5) is 0 Å². The summed E-state index contributed by atoms with van der Waals surface area (Å²) in [6.07, 6.45) is 10.5. The summed E-state index contributed by atoms with van der Waals surface area (Å²) in [5.74, 6) is 0.958. The highest BCUT2D eigenvalue weighted by Crippen LogP contribution is 2.41. The van der Waals surface area contributed by atoms with Gasteiger partial charge in [0.1, 0.15) is 0 Å². The fourth-order valence-corrected chi connectivity index (χ4v) is 4.66. The van der Waals surface area contributed by atoms with Crippen LogP contribution in [-0.2, 0) is 6.54 Å². The van der Waals surface area contributed by atoms with Gasteiger partial charge < -0.3 is 5.32 Å². The van der Waals surface area contributed by atoms with Crippen LogP contribution in [-0.4, -0.2) is 34.6 Å². The molecule has 0 amide bonds. The SMILES string of the molecule is c1ncc(CN2CC3(CCCC3)NCC2C2CC2)s1. The van der Waals surface area contributed by atoms with E-state index in [1.54, 1.807) is 0 Å². The van der Waals surface area contributed by atoms with Gasteiger partial charge in [-0.05, 0) is 31.6 Å². The number of hydrogen-bond acceptors (Lipinski definition) is 4. The van der Waals surface area contributed by atoms with Crippen LogP contribution in [0.25, 0.3) is 0 Å². The van der Waals surface area contributed by atoms with Crippen molar-refractivity contribution < 1.29 is 0 Å². The van der Waals surface area contributed by atoms with Gasteiger partial charge in [-0.15, -0.1) is 11.3 Å². The molecule has 2 heterocycles. The fraction of sp³-hybridized carbons (Fsp3) is 0.800. The van der Waals surface area contributed by atoms with Gasteiger partial charge in [-0.25, -0.2) is 0 Å². The minimum atomic E-state index is 0.441. The number of thiazole rings is 1. The molecule has 1 aromatic heterocycles. The summed E-state index contributed by atoms with van der Waals surface area (Å²) in [7, 11) is 0. The molecule has 3 nitrogen and oxygen atoms in total. The highest BCUT2D eigenvalue weighted by Gasteiger charge is 2.45. The smallest absolute Gasteiger partial charge is 0.0794 e. The molecule has 4 heteroatoms. The lowest BCUT2D eigenvalue weighted by atomic mass is 9.91. The summed E-state index contributed by atoms with van der Waals surface area (Å²) in [6.45, 7) is 3.59. The highest BCUT2D eigenvalue weighted by molar-refractivity contribution is 7.09. The molecule has 1 N–H and O–H groups in total. The van der Waals surface area contributed by atoms with Crippen LogP contribution >= 0.6 is 11.3 Å². The zero-order valence-electron chi connectivity index (χ0n) is 11.5. The Morgan fingerprint density at radius 3 is 2.89 bits per heavy atom. The van der Waals surface area contributed by atoms with Gasteiger partial charge in [0.2, 0.25) is 0 Å². The fourth-order valence-electron chi connectivity index (χ4n) is 4.04. The van der Waals surface area contributed by atoms with Crippen molar-refractivity contribution in [2.24, 2.45) is 5.92 Å². The molecule has 1 aromatic rings. The normalized spacial score (nSPS) is 31.1. The average molecular weight is 277 g/mol. The van der Waals surface area contributed by atoms with Crippen molar-refractivity contribution in [2.45, 2.75) is 56.7 Å². The maximum absolute atomic E-state index is 4.24. The molecule has 104 valence electrons. The highest BCUT2D eigenvalue weighted by atomic mass is 32.1. The Morgan fingerprint density at radius 2 is 2.21 bits per heavy atom. The quantitative estimate of drug-likeness (QED) is 0.920. The van der Waals surface area contributed by atoms with Crippen molar-refractivity contribution >= 4 is 11.3 Å². The summed E-state index contributed by atoms with van der Waals surface area (Å²) in [5, 5.41) is 3.92. The average Bonchev–Trinajstić information content (AvgIpc) is 2.94. The molecular formula is C15H23N3S. The maximum atomic E-state index is 4.24. The Labute approximate surface area is 119 Å². The van der Waals surface area contributed by atoms with E-state index in [9.17, 15) is 0 Å². The first-order valence-corrected chi connectivity index (χ1v) is 8.59. The first kappa shape index (κ1) is 12.3. The number of hydrogen-bond donors (Lipinski definition) is 1. The molecule has 1 atom stereocenters. The standard InChI is InChI=1S/C15H23N3S/c1-2-6-15(5-1)10-18(9-13-7-16-11-19-13)14(8-17-15)12-3-4-12/h7,11-12,14,17H,1-6,8-10H2. The monoisotopic (exact) mass is 277 g/mol. The van der Waals surface area contributed by atoms with Gasteiger partial charge in [0.15, 0.2) is 0 Å². The van der Waals surface area contributed by atoms with Gasteiger partial charge in [-0.3, -0.25) is 9.88 Å². The van der Waals surface area contributed by atoms with Crippen molar-refractivity contribution in [3.05, 3.63) is 16.6 Å². The van der Waals surface area contributed by atoms with E-state index in [4.69, 9.17) is 0 Å². The number of nitrogens with one attached hydrogen (secondary N) is 1. The van der Waals surface area contributed by atoms with E-state index < -0.39 is 0 Å². The Bertz CT molecular complexity index is 421. The second-order valence-corrected chi connectivity index (χ2v) is 7.62. The van der Waals surface area contributed by atoms with E-state index in [0.717, 1.165) is 18.5 Å². The van der Waals surface area contributed by atoms with Crippen LogP contribution in [0.5, 0.6) is 0 Å². The second-order valence-electron chi connectivity index (χ2n) is 6.65. The number of rotatable bonds is 3. The summed E-state index contributed by atoms with van der Waals surface area (Å²) < 4.78 is 0. The minimum absolute atomic E-state index is 0.441. The zero-order chi connectivity index (χ0) is 12.7. The first-order chi connectivity index (χ1) is 9.35. The van der Waals surface area contributed by atoms with Crippen molar-refractivity contribution in [3.8, 4) is 0 Å². The van der Waals surface area contributed by atoms with E-state index in [2.05, 4.69) is 21.4 Å². The van der Waals surface area contributed by atoms with Gasteiger partial charge in [0.25, 0.3) is 0 Å². The minimum Gasteiger partial charge on any atom is -0.308 e. The number of piperazine rings is 1. The molecule has 19 heavy (non-hydrogen) atoms. The van der Waals surface area contributed by atoms with Crippen molar-refractivity contribution in [3.63, 3.8) is 0 Å². The summed E-state index contributed by atoms with van der Waals surface area (Å²) in [6, 6.07) is 0.772. The molecular weight excluding hydrogens is 254 g/mol. The Hall–Kier alpha value is -0.450. The summed E-state index contributed by atoms with van der Waals surface area (Å²) in [5.41, 5.74) is 2.41. The molecule has 1 saturated heterocycles. The molecule has 2 aliphatic carbocycles. The predicted molar refractivity (Wildman–Crippen MR) is 78.2 cm³/mol. The Balaban J connectivity index is 1.51. The maximum Gasteiger partial charge on any atom is 0.0794 e. The van der Waals surface area contributed by atoms with Gasteiger partial charge >= 0.3 is 0 Å². The Kier molecular flexibility index (Phi) is 3.13. The lowest BCUT2D eigenvalue weighted by molar-refractivity contribution is 0.0635. The van der Waals surface area contributed by atoms with Gasteiger partial charge in [0.05, 0.1) is 5.51 Å². The van der Waals surface area contributed by atoms with Crippen molar-refractivity contribution in [1.82, 2.24) is 15.2 Å². The second kappa shape index (κ2) is 4.83. The van der Waals surface area contributed by atoms with Crippen molar-refractivity contribution in [1.29, 1.82) is 0 Å². The third-order valence-corrected chi connectivity index (χ3v) is 5.99. The van der Waals surface area contributed by atoms with Crippen LogP contribution in [0.2, 0.25) is 0 Å². The third kappa shape index (κ3) is 2.46. The molecule has 3 aliphatic rings. The first-order valence-electron chi connectivity index (χ1n) is 7.71. The van der Waals surface area contributed by atoms with Gasteiger partial charge in [0, 0.05) is 42.3 Å². The summed E-state index contributed by atoms with van der Waals surface area (Å²) in [4.78, 5) is 8.44. The van der Waals surface area contributed by atoms with E-state index in [1.165, 1.54) is 56.5 Å².